The fourth-order valence-electron chi connectivity index (χ4n) is 2.75. The summed E-state index contributed by atoms with van der Waals surface area (Å²) in [6.45, 7) is 6.46. The van der Waals surface area contributed by atoms with Crippen molar-refractivity contribution in [2.24, 2.45) is 7.05 Å². The van der Waals surface area contributed by atoms with Crippen LogP contribution in [0.25, 0.3) is 0 Å². The molecule has 0 unspecified atom stereocenters. The first-order chi connectivity index (χ1) is 12.5. The molecule has 0 atom stereocenters. The van der Waals surface area contributed by atoms with E-state index in [1.807, 2.05) is 70.3 Å². The Kier molecular flexibility index (Phi) is 5.07. The molecule has 134 valence electrons. The van der Waals surface area contributed by atoms with Gasteiger partial charge in [0.15, 0.2) is 0 Å². The van der Waals surface area contributed by atoms with Crippen LogP contribution in [0.4, 0.5) is 5.69 Å². The van der Waals surface area contributed by atoms with Gasteiger partial charge in [0, 0.05) is 12.6 Å². The van der Waals surface area contributed by atoms with E-state index in [9.17, 15) is 4.79 Å². The van der Waals surface area contributed by atoms with Gasteiger partial charge in [-0.05, 0) is 49.6 Å². The molecule has 0 aliphatic rings. The van der Waals surface area contributed by atoms with Crippen molar-refractivity contribution in [3.63, 3.8) is 0 Å². The van der Waals surface area contributed by atoms with E-state index in [1.54, 1.807) is 10.9 Å². The second-order valence-electron chi connectivity index (χ2n) is 6.43. The lowest BCUT2D eigenvalue weighted by molar-refractivity contribution is 0.102. The molecule has 2 aromatic carbocycles. The molecule has 3 rings (SSSR count). The highest BCUT2D eigenvalue weighted by Gasteiger charge is 2.10. The van der Waals surface area contributed by atoms with E-state index < -0.39 is 0 Å². The molecule has 0 radical (unpaired) electrons. The quantitative estimate of drug-likeness (QED) is 0.752. The largest absolute Gasteiger partial charge is 0.488 e. The molecule has 0 spiro atoms. The van der Waals surface area contributed by atoms with Gasteiger partial charge in [0.2, 0.25) is 0 Å². The number of hydrogen-bond acceptors (Lipinski definition) is 3. The van der Waals surface area contributed by atoms with Crippen molar-refractivity contribution in [2.75, 3.05) is 5.32 Å². The zero-order valence-electron chi connectivity index (χ0n) is 15.5. The molecule has 0 aliphatic carbocycles. The Hall–Kier alpha value is -3.08. The number of aryl methyl sites for hydroxylation is 3. The van der Waals surface area contributed by atoms with E-state index in [0.29, 0.717) is 12.2 Å². The molecule has 3 aromatic rings. The van der Waals surface area contributed by atoms with Crippen molar-refractivity contribution < 1.29 is 9.53 Å². The van der Waals surface area contributed by atoms with Gasteiger partial charge in [0.1, 0.15) is 12.4 Å². The van der Waals surface area contributed by atoms with E-state index in [2.05, 4.69) is 10.4 Å². The summed E-state index contributed by atoms with van der Waals surface area (Å²) in [6, 6.07) is 13.5. The van der Waals surface area contributed by atoms with Crippen LogP contribution in [0.1, 0.15) is 32.7 Å². The first-order valence-electron chi connectivity index (χ1n) is 8.53. The molecule has 1 N–H and O–H groups in total. The van der Waals surface area contributed by atoms with Crippen molar-refractivity contribution in [1.29, 1.82) is 0 Å². The first kappa shape index (κ1) is 17.7. The summed E-state index contributed by atoms with van der Waals surface area (Å²) in [4.78, 5) is 12.4. The molecular formula is C21H23N3O2. The molecule has 1 heterocycles. The molecule has 1 aromatic heterocycles. The number of hydrogen-bond donors (Lipinski definition) is 1. The van der Waals surface area contributed by atoms with Crippen molar-refractivity contribution in [2.45, 2.75) is 27.4 Å². The number of rotatable bonds is 5. The van der Waals surface area contributed by atoms with Crippen LogP contribution in [0.3, 0.4) is 0 Å². The minimum Gasteiger partial charge on any atom is -0.488 e. The minimum absolute atomic E-state index is 0.150. The number of carbonyl (C=O) groups excluding carboxylic acids is 1. The van der Waals surface area contributed by atoms with E-state index in [0.717, 1.165) is 33.8 Å². The predicted molar refractivity (Wildman–Crippen MR) is 103 cm³/mol. The Morgan fingerprint density at radius 1 is 1.08 bits per heavy atom. The molecular weight excluding hydrogens is 326 g/mol. The maximum Gasteiger partial charge on any atom is 0.255 e. The van der Waals surface area contributed by atoms with Crippen LogP contribution in [-0.2, 0) is 13.7 Å². The van der Waals surface area contributed by atoms with Gasteiger partial charge in [-0.2, -0.15) is 5.10 Å². The van der Waals surface area contributed by atoms with Crippen LogP contribution in [0, 0.1) is 20.8 Å². The van der Waals surface area contributed by atoms with Gasteiger partial charge in [-0.25, -0.2) is 0 Å². The summed E-state index contributed by atoms with van der Waals surface area (Å²) >= 11 is 0. The van der Waals surface area contributed by atoms with Crippen LogP contribution in [0.2, 0.25) is 0 Å². The number of nitrogens with one attached hydrogen (secondary N) is 1. The molecule has 5 heteroatoms. The third-order valence-corrected chi connectivity index (χ3v) is 4.49. The van der Waals surface area contributed by atoms with Gasteiger partial charge in [0.25, 0.3) is 5.91 Å². The summed E-state index contributed by atoms with van der Waals surface area (Å²) in [5.74, 6) is 0.768. The maximum atomic E-state index is 12.4. The average Bonchev–Trinajstić information content (AvgIpc) is 2.94. The lowest BCUT2D eigenvalue weighted by Crippen LogP contribution is -2.12. The molecule has 0 fully saturated rings. The Labute approximate surface area is 153 Å². The van der Waals surface area contributed by atoms with Crippen molar-refractivity contribution in [3.8, 4) is 5.75 Å². The number of benzene rings is 2. The highest BCUT2D eigenvalue weighted by Crippen LogP contribution is 2.23. The first-order valence-corrected chi connectivity index (χ1v) is 8.53. The number of anilines is 1. The van der Waals surface area contributed by atoms with Gasteiger partial charge in [0.05, 0.1) is 17.6 Å². The third kappa shape index (κ3) is 3.77. The molecule has 0 saturated carbocycles. The van der Waals surface area contributed by atoms with E-state index in [4.69, 9.17) is 4.74 Å². The lowest BCUT2D eigenvalue weighted by atomic mass is 10.1. The SMILES string of the molecule is Cc1cccc(C)c1OCc1ccc(C(=O)Nc2cnn(C)c2C)cc1. The molecule has 1 amide bonds. The molecule has 5 nitrogen and oxygen atoms in total. The standard InChI is InChI=1S/C21H23N3O2/c1-14-6-5-7-15(2)20(14)26-13-17-8-10-18(11-9-17)21(25)23-19-12-22-24(4)16(19)3/h5-12H,13H2,1-4H3,(H,23,25). The monoisotopic (exact) mass is 349 g/mol. The highest BCUT2D eigenvalue weighted by molar-refractivity contribution is 6.04. The van der Waals surface area contributed by atoms with E-state index >= 15 is 0 Å². The van der Waals surface area contributed by atoms with Crippen LogP contribution < -0.4 is 10.1 Å². The van der Waals surface area contributed by atoms with Crippen LogP contribution in [0.15, 0.2) is 48.7 Å². The van der Waals surface area contributed by atoms with Gasteiger partial charge >= 0.3 is 0 Å². The van der Waals surface area contributed by atoms with Gasteiger partial charge < -0.3 is 10.1 Å². The predicted octanol–water partition coefficient (Wildman–Crippen LogP) is 4.18. The smallest absolute Gasteiger partial charge is 0.255 e. The number of nitrogens with zero attached hydrogens (tertiary/aromatic N) is 2. The zero-order valence-corrected chi connectivity index (χ0v) is 15.5. The summed E-state index contributed by atoms with van der Waals surface area (Å²) in [5, 5.41) is 7.02. The zero-order chi connectivity index (χ0) is 18.7. The molecule has 0 saturated heterocycles. The van der Waals surface area contributed by atoms with Crippen molar-refractivity contribution in [1.82, 2.24) is 9.78 Å². The number of amides is 1. The second kappa shape index (κ2) is 7.44. The van der Waals surface area contributed by atoms with Gasteiger partial charge in [-0.3, -0.25) is 9.48 Å². The third-order valence-electron chi connectivity index (χ3n) is 4.49. The van der Waals surface area contributed by atoms with Gasteiger partial charge in [-0.1, -0.05) is 30.3 Å². The summed E-state index contributed by atoms with van der Waals surface area (Å²) in [6.07, 6.45) is 1.65. The average molecular weight is 349 g/mol. The van der Waals surface area contributed by atoms with Crippen LogP contribution >= 0.6 is 0 Å². The number of para-hydroxylation sites is 1. The van der Waals surface area contributed by atoms with Gasteiger partial charge in [-0.15, -0.1) is 0 Å². The second-order valence-corrected chi connectivity index (χ2v) is 6.43. The topological polar surface area (TPSA) is 56.1 Å². The fraction of sp³-hybridized carbons (Fsp3) is 0.238. The van der Waals surface area contributed by atoms with Crippen molar-refractivity contribution >= 4 is 11.6 Å². The Morgan fingerprint density at radius 3 is 2.31 bits per heavy atom. The summed E-state index contributed by atoms with van der Waals surface area (Å²) < 4.78 is 7.68. The normalized spacial score (nSPS) is 10.6. The maximum absolute atomic E-state index is 12.4. The molecule has 0 bridgehead atoms. The number of carbonyl (C=O) groups is 1. The Morgan fingerprint density at radius 2 is 1.73 bits per heavy atom. The minimum atomic E-state index is -0.150. The summed E-state index contributed by atoms with van der Waals surface area (Å²) in [5.41, 5.74) is 5.49. The van der Waals surface area contributed by atoms with E-state index in [1.165, 1.54) is 0 Å². The molecule has 26 heavy (non-hydrogen) atoms. The van der Waals surface area contributed by atoms with Crippen LogP contribution in [0.5, 0.6) is 5.75 Å². The van der Waals surface area contributed by atoms with Crippen LogP contribution in [-0.4, -0.2) is 15.7 Å². The highest BCUT2D eigenvalue weighted by atomic mass is 16.5. The number of aromatic nitrogens is 2. The summed E-state index contributed by atoms with van der Waals surface area (Å²) in [7, 11) is 1.84. The fourth-order valence-corrected chi connectivity index (χ4v) is 2.75. The molecule has 0 aliphatic heterocycles. The lowest BCUT2D eigenvalue weighted by Gasteiger charge is -2.12. The van der Waals surface area contributed by atoms with E-state index in [-0.39, 0.29) is 5.91 Å². The number of ether oxygens (including phenoxy) is 1. The Bertz CT molecular complexity index is 907. The van der Waals surface area contributed by atoms with Crippen molar-refractivity contribution in [3.05, 3.63) is 76.6 Å². The Balaban J connectivity index is 1.65.